The van der Waals surface area contributed by atoms with Gasteiger partial charge in [0.1, 0.15) is 0 Å². The van der Waals surface area contributed by atoms with Gasteiger partial charge in [0, 0.05) is 13.5 Å². The lowest BCUT2D eigenvalue weighted by Gasteiger charge is -2.04. The third kappa shape index (κ3) is 3.18. The molecule has 1 aromatic rings. The van der Waals surface area contributed by atoms with Crippen LogP contribution in [0.2, 0.25) is 0 Å². The molecule has 1 heterocycles. The van der Waals surface area contributed by atoms with Gasteiger partial charge < -0.3 is 10.6 Å². The van der Waals surface area contributed by atoms with E-state index in [1.165, 1.54) is 18.3 Å². The van der Waals surface area contributed by atoms with Gasteiger partial charge in [-0.3, -0.25) is 4.79 Å². The van der Waals surface area contributed by atoms with Gasteiger partial charge in [-0.2, -0.15) is 5.26 Å². The minimum atomic E-state index is -0.715. The van der Waals surface area contributed by atoms with Crippen LogP contribution in [-0.2, 0) is 4.79 Å². The number of hydrogen-bond donors (Lipinski definition) is 2. The Morgan fingerprint density at radius 3 is 2.93 bits per heavy atom. The second-order valence-electron chi connectivity index (χ2n) is 2.74. The number of rotatable bonds is 4. The lowest BCUT2D eigenvalue weighted by molar-refractivity contribution is -0.119. The van der Waals surface area contributed by atoms with Crippen LogP contribution >= 0.6 is 11.3 Å². The number of aromatic nitrogens is 2. The van der Waals surface area contributed by atoms with Gasteiger partial charge in [-0.15, -0.1) is 10.2 Å². The monoisotopic (exact) mass is 225 g/mol. The molecule has 6 nitrogen and oxygen atoms in total. The summed E-state index contributed by atoms with van der Waals surface area (Å²) in [6, 6.07) is 1.24. The van der Waals surface area contributed by atoms with Crippen LogP contribution in [0.5, 0.6) is 0 Å². The quantitative estimate of drug-likeness (QED) is 0.786. The molecule has 1 aromatic heterocycles. The van der Waals surface area contributed by atoms with Crippen molar-refractivity contribution in [2.45, 2.75) is 19.9 Å². The molecule has 0 bridgehead atoms. The Balaban J connectivity index is 2.75. The molecule has 0 aliphatic rings. The average Bonchev–Trinajstić information content (AvgIpc) is 2.63. The highest BCUT2D eigenvalue weighted by atomic mass is 32.1. The molecule has 0 saturated carbocycles. The van der Waals surface area contributed by atoms with Crippen molar-refractivity contribution in [3.8, 4) is 6.07 Å². The van der Waals surface area contributed by atoms with Gasteiger partial charge >= 0.3 is 0 Å². The van der Waals surface area contributed by atoms with Crippen LogP contribution in [-0.4, -0.2) is 22.6 Å². The standard InChI is InChI=1S/C8H11N5OS/c1-3-10-8-13-12-7(15-8)6(4-9)11-5(2)14/h6H,3H2,1-2H3,(H,10,13)(H,11,14). The molecule has 0 radical (unpaired) electrons. The van der Waals surface area contributed by atoms with Crippen molar-refractivity contribution in [1.82, 2.24) is 15.5 Å². The number of nitrogens with zero attached hydrogens (tertiary/aromatic N) is 3. The van der Waals surface area contributed by atoms with E-state index in [0.29, 0.717) is 10.1 Å². The van der Waals surface area contributed by atoms with Crippen molar-refractivity contribution in [3.63, 3.8) is 0 Å². The SMILES string of the molecule is CCNc1nnc(C(C#N)NC(C)=O)s1. The zero-order valence-electron chi connectivity index (χ0n) is 8.44. The molecular formula is C8H11N5OS. The molecular weight excluding hydrogens is 214 g/mol. The van der Waals surface area contributed by atoms with Gasteiger partial charge in [0.2, 0.25) is 11.0 Å². The minimum absolute atomic E-state index is 0.262. The van der Waals surface area contributed by atoms with Gasteiger partial charge in [-0.25, -0.2) is 0 Å². The van der Waals surface area contributed by atoms with E-state index in [4.69, 9.17) is 5.26 Å². The van der Waals surface area contributed by atoms with Crippen LogP contribution in [0.1, 0.15) is 24.9 Å². The molecule has 1 atom stereocenters. The van der Waals surface area contributed by atoms with Crippen molar-refractivity contribution < 1.29 is 4.79 Å². The normalized spacial score (nSPS) is 11.5. The lowest BCUT2D eigenvalue weighted by atomic mass is 10.3. The van der Waals surface area contributed by atoms with Crippen molar-refractivity contribution in [1.29, 1.82) is 5.26 Å². The second-order valence-corrected chi connectivity index (χ2v) is 3.75. The van der Waals surface area contributed by atoms with Crippen LogP contribution in [0, 0.1) is 11.3 Å². The molecule has 0 aromatic carbocycles. The Kier molecular flexibility index (Phi) is 4.00. The first-order valence-corrected chi connectivity index (χ1v) is 5.23. The maximum atomic E-state index is 10.8. The highest BCUT2D eigenvalue weighted by Gasteiger charge is 2.16. The Hall–Kier alpha value is -1.68. The Morgan fingerprint density at radius 2 is 2.40 bits per heavy atom. The fourth-order valence-electron chi connectivity index (χ4n) is 0.926. The minimum Gasteiger partial charge on any atom is -0.360 e. The van der Waals surface area contributed by atoms with Crippen molar-refractivity contribution in [3.05, 3.63) is 5.01 Å². The Labute approximate surface area is 91.3 Å². The van der Waals surface area contributed by atoms with E-state index in [9.17, 15) is 4.79 Å². The third-order valence-electron chi connectivity index (χ3n) is 1.49. The predicted octanol–water partition coefficient (Wildman–Crippen LogP) is 0.671. The molecule has 1 amide bonds. The maximum Gasteiger partial charge on any atom is 0.218 e. The van der Waals surface area contributed by atoms with E-state index in [1.54, 1.807) is 0 Å². The van der Waals surface area contributed by atoms with Crippen molar-refractivity contribution >= 4 is 22.4 Å². The fourth-order valence-corrected chi connectivity index (χ4v) is 1.73. The molecule has 0 spiro atoms. The van der Waals surface area contributed by atoms with E-state index in [2.05, 4.69) is 20.8 Å². The van der Waals surface area contributed by atoms with Gasteiger partial charge in [0.15, 0.2) is 11.0 Å². The highest BCUT2D eigenvalue weighted by molar-refractivity contribution is 7.15. The summed E-state index contributed by atoms with van der Waals surface area (Å²) in [5, 5.41) is 23.1. The second kappa shape index (κ2) is 5.26. The molecule has 1 unspecified atom stereocenters. The first kappa shape index (κ1) is 11.4. The van der Waals surface area contributed by atoms with Gasteiger partial charge in [-0.05, 0) is 6.92 Å². The van der Waals surface area contributed by atoms with E-state index in [0.717, 1.165) is 6.54 Å². The molecule has 0 aliphatic heterocycles. The summed E-state index contributed by atoms with van der Waals surface area (Å²) in [5.41, 5.74) is 0. The molecule has 0 aliphatic carbocycles. The maximum absolute atomic E-state index is 10.8. The summed E-state index contributed by atoms with van der Waals surface area (Å²) in [6.07, 6.45) is 0. The zero-order valence-corrected chi connectivity index (χ0v) is 9.26. The molecule has 2 N–H and O–H groups in total. The third-order valence-corrected chi connectivity index (χ3v) is 2.44. The number of nitrogens with one attached hydrogen (secondary N) is 2. The smallest absolute Gasteiger partial charge is 0.218 e. The predicted molar refractivity (Wildman–Crippen MR) is 56.2 cm³/mol. The first-order chi connectivity index (χ1) is 7.17. The van der Waals surface area contributed by atoms with Gasteiger partial charge in [0.05, 0.1) is 6.07 Å². The Bertz CT molecular complexity index is 383. The summed E-state index contributed by atoms with van der Waals surface area (Å²) in [6.45, 7) is 4.04. The molecule has 1 rings (SSSR count). The molecule has 0 fully saturated rings. The molecule has 80 valence electrons. The summed E-state index contributed by atoms with van der Waals surface area (Å²) in [5.74, 6) is -0.262. The van der Waals surface area contributed by atoms with Crippen molar-refractivity contribution in [2.75, 3.05) is 11.9 Å². The molecule has 0 saturated heterocycles. The summed E-state index contributed by atoms with van der Waals surface area (Å²) in [7, 11) is 0. The topological polar surface area (TPSA) is 90.7 Å². The summed E-state index contributed by atoms with van der Waals surface area (Å²) >= 11 is 1.26. The first-order valence-electron chi connectivity index (χ1n) is 4.41. The van der Waals surface area contributed by atoms with E-state index in [1.807, 2.05) is 13.0 Å². The van der Waals surface area contributed by atoms with Crippen LogP contribution in [0.25, 0.3) is 0 Å². The number of carbonyl (C=O) groups is 1. The van der Waals surface area contributed by atoms with Crippen molar-refractivity contribution in [2.24, 2.45) is 0 Å². The summed E-state index contributed by atoms with van der Waals surface area (Å²) in [4.78, 5) is 10.8. The number of nitriles is 1. The van der Waals surface area contributed by atoms with Crippen LogP contribution in [0.15, 0.2) is 0 Å². The number of amides is 1. The summed E-state index contributed by atoms with van der Waals surface area (Å²) < 4.78 is 0. The molecule has 7 heteroatoms. The number of carbonyl (C=O) groups excluding carboxylic acids is 1. The average molecular weight is 225 g/mol. The van der Waals surface area contributed by atoms with Gasteiger partial charge in [0.25, 0.3) is 0 Å². The van der Waals surface area contributed by atoms with E-state index in [-0.39, 0.29) is 5.91 Å². The Morgan fingerprint density at radius 1 is 1.67 bits per heavy atom. The zero-order chi connectivity index (χ0) is 11.3. The largest absolute Gasteiger partial charge is 0.360 e. The lowest BCUT2D eigenvalue weighted by Crippen LogP contribution is -2.24. The van der Waals surface area contributed by atoms with Crippen LogP contribution < -0.4 is 10.6 Å². The van der Waals surface area contributed by atoms with Gasteiger partial charge in [-0.1, -0.05) is 11.3 Å². The number of anilines is 1. The number of hydrogen-bond acceptors (Lipinski definition) is 6. The van der Waals surface area contributed by atoms with Crippen LogP contribution in [0.3, 0.4) is 0 Å². The molecule has 15 heavy (non-hydrogen) atoms. The van der Waals surface area contributed by atoms with Crippen LogP contribution in [0.4, 0.5) is 5.13 Å². The van der Waals surface area contributed by atoms with E-state index < -0.39 is 6.04 Å². The van der Waals surface area contributed by atoms with E-state index >= 15 is 0 Å². The highest BCUT2D eigenvalue weighted by Crippen LogP contribution is 2.20. The fraction of sp³-hybridized carbons (Fsp3) is 0.500.